The first-order valence-corrected chi connectivity index (χ1v) is 9.60. The molecule has 8 nitrogen and oxygen atoms in total. The van der Waals surface area contributed by atoms with Crippen LogP contribution in [0.1, 0.15) is 0 Å². The van der Waals surface area contributed by atoms with Gasteiger partial charge in [-0.1, -0.05) is 0 Å². The quantitative estimate of drug-likeness (QED) is 0.625. The summed E-state index contributed by atoms with van der Waals surface area (Å²) in [6, 6.07) is 13.4. The Hall–Kier alpha value is -3.36. The van der Waals surface area contributed by atoms with Crippen LogP contribution in [-0.2, 0) is 9.53 Å². The summed E-state index contributed by atoms with van der Waals surface area (Å²) in [5.74, 6) is 1.42. The Kier molecular flexibility index (Phi) is 5.97. The summed E-state index contributed by atoms with van der Waals surface area (Å²) in [6.07, 6.45) is 0. The van der Waals surface area contributed by atoms with Crippen LogP contribution < -0.4 is 20.4 Å². The Labute approximate surface area is 172 Å². The number of nitrogens with one attached hydrogen (secondary N) is 1. The van der Waals surface area contributed by atoms with Gasteiger partial charge in [-0.15, -0.1) is 0 Å². The number of morpholine rings is 1. The van der Waals surface area contributed by atoms with Gasteiger partial charge in [-0.05, 0) is 36.4 Å². The number of ether oxygens (including phenoxy) is 3. The van der Waals surface area contributed by atoms with Gasteiger partial charge in [0, 0.05) is 24.8 Å². The minimum atomic E-state index is -0.516. The SMILES string of the molecule is COc1ccc2c(Oc3ccc(NC(=O)CN4CCOCC4)cc3)cc(=O)oc2c1. The number of hydrogen-bond donors (Lipinski definition) is 1. The predicted molar refractivity (Wildman–Crippen MR) is 111 cm³/mol. The molecule has 1 aliphatic heterocycles. The monoisotopic (exact) mass is 410 g/mol. The van der Waals surface area contributed by atoms with E-state index in [0.29, 0.717) is 53.7 Å². The maximum atomic E-state index is 12.2. The molecule has 1 aromatic heterocycles. The van der Waals surface area contributed by atoms with Gasteiger partial charge >= 0.3 is 5.63 Å². The average molecular weight is 410 g/mol. The molecule has 1 N–H and O–H groups in total. The lowest BCUT2D eigenvalue weighted by Crippen LogP contribution is -2.41. The van der Waals surface area contributed by atoms with Gasteiger partial charge in [-0.2, -0.15) is 0 Å². The van der Waals surface area contributed by atoms with E-state index in [4.69, 9.17) is 18.6 Å². The Morgan fingerprint density at radius 1 is 1.07 bits per heavy atom. The van der Waals surface area contributed by atoms with E-state index in [1.807, 2.05) is 0 Å². The molecule has 0 atom stereocenters. The van der Waals surface area contributed by atoms with Crippen molar-refractivity contribution in [1.82, 2.24) is 4.90 Å². The van der Waals surface area contributed by atoms with Crippen molar-refractivity contribution in [3.8, 4) is 17.2 Å². The van der Waals surface area contributed by atoms with Crippen LogP contribution in [0.2, 0.25) is 0 Å². The molecule has 3 aromatic rings. The molecule has 156 valence electrons. The van der Waals surface area contributed by atoms with Crippen molar-refractivity contribution in [1.29, 1.82) is 0 Å². The zero-order chi connectivity index (χ0) is 20.9. The number of hydrogen-bond acceptors (Lipinski definition) is 7. The third kappa shape index (κ3) is 4.79. The number of rotatable bonds is 6. The fourth-order valence-corrected chi connectivity index (χ4v) is 3.22. The van der Waals surface area contributed by atoms with Crippen molar-refractivity contribution >= 4 is 22.6 Å². The number of fused-ring (bicyclic) bond motifs is 1. The second kappa shape index (κ2) is 8.98. The number of nitrogens with zero attached hydrogens (tertiary/aromatic N) is 1. The summed E-state index contributed by atoms with van der Waals surface area (Å²) in [4.78, 5) is 26.2. The third-order valence-corrected chi connectivity index (χ3v) is 4.75. The number of amides is 1. The minimum absolute atomic E-state index is 0.0776. The van der Waals surface area contributed by atoms with Crippen LogP contribution in [0, 0.1) is 0 Å². The number of methoxy groups -OCH3 is 1. The molecule has 1 amide bonds. The van der Waals surface area contributed by atoms with Crippen LogP contribution in [0.5, 0.6) is 17.2 Å². The second-order valence-electron chi connectivity index (χ2n) is 6.85. The van der Waals surface area contributed by atoms with E-state index in [9.17, 15) is 9.59 Å². The lowest BCUT2D eigenvalue weighted by Gasteiger charge is -2.25. The van der Waals surface area contributed by atoms with Crippen LogP contribution in [0.25, 0.3) is 11.0 Å². The number of benzene rings is 2. The summed E-state index contributed by atoms with van der Waals surface area (Å²) in [5.41, 5.74) is 0.532. The Morgan fingerprint density at radius 3 is 2.53 bits per heavy atom. The molecule has 0 aliphatic carbocycles. The van der Waals surface area contributed by atoms with Gasteiger partial charge in [-0.25, -0.2) is 4.79 Å². The standard InChI is InChI=1S/C22H22N2O6/c1-27-17-6-7-18-19(12-17)30-22(26)13-20(18)29-16-4-2-15(3-5-16)23-21(25)14-24-8-10-28-11-9-24/h2-7,12-13H,8-11,14H2,1H3,(H,23,25). The predicted octanol–water partition coefficient (Wildman–Crippen LogP) is 2.86. The average Bonchev–Trinajstić information content (AvgIpc) is 2.75. The zero-order valence-corrected chi connectivity index (χ0v) is 16.6. The number of anilines is 1. The number of carbonyl (C=O) groups excluding carboxylic acids is 1. The maximum absolute atomic E-state index is 12.2. The highest BCUT2D eigenvalue weighted by atomic mass is 16.5. The highest BCUT2D eigenvalue weighted by molar-refractivity contribution is 5.92. The van der Waals surface area contributed by atoms with Crippen LogP contribution in [-0.4, -0.2) is 50.8 Å². The van der Waals surface area contributed by atoms with Crippen molar-refractivity contribution in [3.05, 3.63) is 59.0 Å². The molecular formula is C22H22N2O6. The molecule has 0 radical (unpaired) electrons. The zero-order valence-electron chi connectivity index (χ0n) is 16.6. The fraction of sp³-hybridized carbons (Fsp3) is 0.273. The van der Waals surface area contributed by atoms with Gasteiger partial charge in [0.25, 0.3) is 0 Å². The molecular weight excluding hydrogens is 388 g/mol. The van der Waals surface area contributed by atoms with Gasteiger partial charge in [0.2, 0.25) is 5.91 Å². The molecule has 0 saturated carbocycles. The first-order valence-electron chi connectivity index (χ1n) is 9.60. The Morgan fingerprint density at radius 2 is 1.80 bits per heavy atom. The van der Waals surface area contributed by atoms with Crippen LogP contribution in [0.15, 0.2) is 57.7 Å². The van der Waals surface area contributed by atoms with E-state index in [1.54, 1.807) is 49.6 Å². The van der Waals surface area contributed by atoms with E-state index in [0.717, 1.165) is 13.1 Å². The van der Waals surface area contributed by atoms with Gasteiger partial charge in [0.05, 0.1) is 38.3 Å². The molecule has 0 unspecified atom stereocenters. The van der Waals surface area contributed by atoms with Crippen molar-refractivity contribution in [2.24, 2.45) is 0 Å². The molecule has 8 heteroatoms. The van der Waals surface area contributed by atoms with Crippen LogP contribution in [0.3, 0.4) is 0 Å². The molecule has 1 saturated heterocycles. The van der Waals surface area contributed by atoms with Crippen LogP contribution in [0.4, 0.5) is 5.69 Å². The van der Waals surface area contributed by atoms with E-state index in [1.165, 1.54) is 6.07 Å². The molecule has 1 fully saturated rings. The van der Waals surface area contributed by atoms with Gasteiger partial charge in [0.15, 0.2) is 0 Å². The minimum Gasteiger partial charge on any atom is -0.497 e. The highest BCUT2D eigenvalue weighted by Crippen LogP contribution is 2.31. The van der Waals surface area contributed by atoms with Gasteiger partial charge in [0.1, 0.15) is 22.8 Å². The highest BCUT2D eigenvalue weighted by Gasteiger charge is 2.14. The maximum Gasteiger partial charge on any atom is 0.339 e. The van der Waals surface area contributed by atoms with Crippen molar-refractivity contribution < 1.29 is 23.4 Å². The first kappa shape index (κ1) is 19.9. The summed E-state index contributed by atoms with van der Waals surface area (Å²) in [6.45, 7) is 3.14. The number of carbonyl (C=O) groups is 1. The van der Waals surface area contributed by atoms with E-state index in [2.05, 4.69) is 10.2 Å². The molecule has 2 aromatic carbocycles. The normalized spacial score (nSPS) is 14.4. The molecule has 4 rings (SSSR count). The lowest BCUT2D eigenvalue weighted by molar-refractivity contribution is -0.118. The largest absolute Gasteiger partial charge is 0.497 e. The van der Waals surface area contributed by atoms with Crippen molar-refractivity contribution in [3.63, 3.8) is 0 Å². The summed E-state index contributed by atoms with van der Waals surface area (Å²) < 4.78 is 21.6. The lowest BCUT2D eigenvalue weighted by atomic mass is 10.2. The fourth-order valence-electron chi connectivity index (χ4n) is 3.22. The van der Waals surface area contributed by atoms with Crippen molar-refractivity contribution in [2.45, 2.75) is 0 Å². The van der Waals surface area contributed by atoms with E-state index < -0.39 is 5.63 Å². The summed E-state index contributed by atoms with van der Waals surface area (Å²) in [7, 11) is 1.54. The molecule has 0 spiro atoms. The third-order valence-electron chi connectivity index (χ3n) is 4.75. The van der Waals surface area contributed by atoms with E-state index >= 15 is 0 Å². The molecule has 0 bridgehead atoms. The molecule has 30 heavy (non-hydrogen) atoms. The first-order chi connectivity index (χ1) is 14.6. The Bertz CT molecular complexity index is 1090. The summed E-state index contributed by atoms with van der Waals surface area (Å²) >= 11 is 0. The Balaban J connectivity index is 1.44. The summed E-state index contributed by atoms with van der Waals surface area (Å²) in [5, 5.41) is 3.53. The topological polar surface area (TPSA) is 90.2 Å². The van der Waals surface area contributed by atoms with Gasteiger partial charge < -0.3 is 23.9 Å². The van der Waals surface area contributed by atoms with E-state index in [-0.39, 0.29) is 5.91 Å². The van der Waals surface area contributed by atoms with Crippen molar-refractivity contribution in [2.75, 3.05) is 45.3 Å². The molecule has 1 aliphatic rings. The van der Waals surface area contributed by atoms with Crippen LogP contribution >= 0.6 is 0 Å². The molecule has 2 heterocycles. The second-order valence-corrected chi connectivity index (χ2v) is 6.85. The smallest absolute Gasteiger partial charge is 0.339 e. The van der Waals surface area contributed by atoms with Gasteiger partial charge in [-0.3, -0.25) is 9.69 Å².